The molecule has 0 aliphatic rings. The Morgan fingerprint density at radius 2 is 1.88 bits per heavy atom. The molecule has 7 heteroatoms. The highest BCUT2D eigenvalue weighted by Gasteiger charge is 2.17. The fourth-order valence-electron chi connectivity index (χ4n) is 2.37. The molecular formula is C19H20ClNO5. The third kappa shape index (κ3) is 5.13. The van der Waals surface area contributed by atoms with Gasteiger partial charge in [0, 0.05) is 10.6 Å². The summed E-state index contributed by atoms with van der Waals surface area (Å²) in [5.74, 6) is 0.218. The zero-order valence-corrected chi connectivity index (χ0v) is 15.5. The van der Waals surface area contributed by atoms with E-state index < -0.39 is 18.5 Å². The van der Waals surface area contributed by atoms with Crippen LogP contribution in [-0.4, -0.2) is 32.7 Å². The minimum atomic E-state index is -0.616. The fourth-order valence-corrected chi connectivity index (χ4v) is 2.56. The van der Waals surface area contributed by atoms with Gasteiger partial charge in [-0.3, -0.25) is 4.79 Å². The summed E-state index contributed by atoms with van der Waals surface area (Å²) in [6.45, 7) is 1.40. The number of benzene rings is 2. The molecule has 138 valence electrons. The van der Waals surface area contributed by atoms with E-state index in [1.165, 1.54) is 6.07 Å². The van der Waals surface area contributed by atoms with Crippen LogP contribution in [0.25, 0.3) is 0 Å². The van der Waals surface area contributed by atoms with Crippen molar-refractivity contribution < 1.29 is 23.8 Å². The van der Waals surface area contributed by atoms with E-state index in [9.17, 15) is 9.59 Å². The number of methoxy groups -OCH3 is 2. The molecule has 0 aliphatic carbocycles. The molecule has 2 aromatic carbocycles. The molecule has 2 aromatic rings. The molecule has 0 saturated carbocycles. The SMILES string of the molecule is COc1ccc(OC)c([C@H](C)NC(=O)COC(=O)c2cccc(Cl)c2)c1. The Hall–Kier alpha value is -2.73. The molecule has 2 rings (SSSR count). The summed E-state index contributed by atoms with van der Waals surface area (Å²) in [7, 11) is 3.11. The molecule has 1 N–H and O–H groups in total. The average Bonchev–Trinajstić information content (AvgIpc) is 2.65. The van der Waals surface area contributed by atoms with Crippen molar-refractivity contribution in [3.8, 4) is 11.5 Å². The quantitative estimate of drug-likeness (QED) is 0.748. The Morgan fingerprint density at radius 1 is 1.12 bits per heavy atom. The lowest BCUT2D eigenvalue weighted by Crippen LogP contribution is -2.31. The first-order valence-corrected chi connectivity index (χ1v) is 8.26. The van der Waals surface area contributed by atoms with Gasteiger partial charge >= 0.3 is 5.97 Å². The molecule has 0 aliphatic heterocycles. The van der Waals surface area contributed by atoms with Gasteiger partial charge in [0.1, 0.15) is 11.5 Å². The van der Waals surface area contributed by atoms with Crippen molar-refractivity contribution in [3.63, 3.8) is 0 Å². The van der Waals surface area contributed by atoms with E-state index in [0.29, 0.717) is 16.5 Å². The van der Waals surface area contributed by atoms with Gasteiger partial charge in [-0.25, -0.2) is 4.79 Å². The maximum Gasteiger partial charge on any atom is 0.338 e. The van der Waals surface area contributed by atoms with Gasteiger partial charge in [-0.05, 0) is 43.3 Å². The first kappa shape index (κ1) is 19.6. The van der Waals surface area contributed by atoms with E-state index in [-0.39, 0.29) is 11.6 Å². The average molecular weight is 378 g/mol. The van der Waals surface area contributed by atoms with Gasteiger partial charge in [0.15, 0.2) is 6.61 Å². The maximum atomic E-state index is 12.1. The Labute approximate surface area is 157 Å². The zero-order valence-electron chi connectivity index (χ0n) is 14.7. The van der Waals surface area contributed by atoms with Gasteiger partial charge in [-0.15, -0.1) is 0 Å². The molecule has 0 radical (unpaired) electrons. The van der Waals surface area contributed by atoms with E-state index in [4.69, 9.17) is 25.8 Å². The van der Waals surface area contributed by atoms with Crippen LogP contribution in [0.5, 0.6) is 11.5 Å². The third-order valence-corrected chi connectivity index (χ3v) is 3.91. The van der Waals surface area contributed by atoms with Crippen LogP contribution in [0.2, 0.25) is 5.02 Å². The van der Waals surface area contributed by atoms with Crippen LogP contribution < -0.4 is 14.8 Å². The molecule has 1 amide bonds. The zero-order chi connectivity index (χ0) is 19.1. The minimum Gasteiger partial charge on any atom is -0.497 e. The summed E-state index contributed by atoms with van der Waals surface area (Å²) < 4.78 is 15.5. The summed E-state index contributed by atoms with van der Waals surface area (Å²) in [6.07, 6.45) is 0. The number of halogens is 1. The highest BCUT2D eigenvalue weighted by molar-refractivity contribution is 6.30. The van der Waals surface area contributed by atoms with Crippen LogP contribution >= 0.6 is 11.6 Å². The number of hydrogen-bond donors (Lipinski definition) is 1. The molecular weight excluding hydrogens is 358 g/mol. The molecule has 0 bridgehead atoms. The van der Waals surface area contributed by atoms with Crippen LogP contribution in [0.1, 0.15) is 28.9 Å². The van der Waals surface area contributed by atoms with Gasteiger partial charge < -0.3 is 19.5 Å². The normalized spacial score (nSPS) is 11.4. The van der Waals surface area contributed by atoms with E-state index in [1.807, 2.05) is 0 Å². The fraction of sp³-hybridized carbons (Fsp3) is 0.263. The summed E-state index contributed by atoms with van der Waals surface area (Å²) in [4.78, 5) is 24.0. The highest BCUT2D eigenvalue weighted by Crippen LogP contribution is 2.29. The Morgan fingerprint density at radius 3 is 2.54 bits per heavy atom. The van der Waals surface area contributed by atoms with Crippen LogP contribution in [0.3, 0.4) is 0 Å². The number of carbonyl (C=O) groups excluding carboxylic acids is 2. The topological polar surface area (TPSA) is 73.9 Å². The maximum absolute atomic E-state index is 12.1. The van der Waals surface area contributed by atoms with Crippen molar-refractivity contribution in [2.45, 2.75) is 13.0 Å². The van der Waals surface area contributed by atoms with Crippen LogP contribution in [-0.2, 0) is 9.53 Å². The minimum absolute atomic E-state index is 0.285. The Bertz CT molecular complexity index is 793. The number of carbonyl (C=O) groups is 2. The molecule has 26 heavy (non-hydrogen) atoms. The highest BCUT2D eigenvalue weighted by atomic mass is 35.5. The number of rotatable bonds is 7. The number of ether oxygens (including phenoxy) is 3. The smallest absolute Gasteiger partial charge is 0.338 e. The molecule has 0 spiro atoms. The molecule has 6 nitrogen and oxygen atoms in total. The summed E-state index contributed by atoms with van der Waals surface area (Å²) in [5, 5.41) is 3.18. The Kier molecular flexibility index (Phi) is 6.86. The standard InChI is InChI=1S/C19H20ClNO5/c1-12(16-10-15(24-2)7-8-17(16)25-3)21-18(22)11-26-19(23)13-5-4-6-14(20)9-13/h4-10,12H,11H2,1-3H3,(H,21,22)/t12-/m0/s1. The molecule has 0 unspecified atom stereocenters. The van der Waals surface area contributed by atoms with Crippen LogP contribution in [0, 0.1) is 0 Å². The molecule has 0 heterocycles. The van der Waals surface area contributed by atoms with Gasteiger partial charge in [0.05, 0.1) is 25.8 Å². The van der Waals surface area contributed by atoms with Gasteiger partial charge in [-0.2, -0.15) is 0 Å². The Balaban J connectivity index is 1.96. The first-order valence-electron chi connectivity index (χ1n) is 7.88. The third-order valence-electron chi connectivity index (χ3n) is 3.68. The number of amides is 1. The first-order chi connectivity index (χ1) is 12.4. The lowest BCUT2D eigenvalue weighted by molar-refractivity contribution is -0.124. The van der Waals surface area contributed by atoms with Crippen molar-refractivity contribution in [2.24, 2.45) is 0 Å². The van der Waals surface area contributed by atoms with Crippen LogP contribution in [0.15, 0.2) is 42.5 Å². The van der Waals surface area contributed by atoms with Crippen LogP contribution in [0.4, 0.5) is 0 Å². The summed E-state index contributed by atoms with van der Waals surface area (Å²) in [6, 6.07) is 11.3. The second-order valence-corrected chi connectivity index (χ2v) is 5.92. The second-order valence-electron chi connectivity index (χ2n) is 5.48. The van der Waals surface area contributed by atoms with Crippen molar-refractivity contribution in [2.75, 3.05) is 20.8 Å². The molecule has 1 atom stereocenters. The monoisotopic (exact) mass is 377 g/mol. The number of hydrogen-bond acceptors (Lipinski definition) is 5. The predicted octanol–water partition coefficient (Wildman–Crippen LogP) is 3.39. The number of nitrogens with one attached hydrogen (secondary N) is 1. The van der Waals surface area contributed by atoms with Crippen molar-refractivity contribution >= 4 is 23.5 Å². The number of esters is 1. The predicted molar refractivity (Wildman–Crippen MR) is 97.8 cm³/mol. The molecule has 0 fully saturated rings. The summed E-state index contributed by atoms with van der Waals surface area (Å²) in [5.41, 5.74) is 1.04. The van der Waals surface area contributed by atoms with Gasteiger partial charge in [0.25, 0.3) is 5.91 Å². The lowest BCUT2D eigenvalue weighted by Gasteiger charge is -2.18. The van der Waals surface area contributed by atoms with E-state index >= 15 is 0 Å². The van der Waals surface area contributed by atoms with Gasteiger partial charge in [0.2, 0.25) is 0 Å². The lowest BCUT2D eigenvalue weighted by atomic mass is 10.1. The van der Waals surface area contributed by atoms with E-state index in [2.05, 4.69) is 5.32 Å². The van der Waals surface area contributed by atoms with E-state index in [0.717, 1.165) is 5.56 Å². The van der Waals surface area contributed by atoms with Crippen molar-refractivity contribution in [1.82, 2.24) is 5.32 Å². The largest absolute Gasteiger partial charge is 0.497 e. The molecule has 0 saturated heterocycles. The second kappa shape index (κ2) is 9.10. The summed E-state index contributed by atoms with van der Waals surface area (Å²) >= 11 is 5.83. The van der Waals surface area contributed by atoms with Gasteiger partial charge in [-0.1, -0.05) is 17.7 Å². The van der Waals surface area contributed by atoms with Crippen molar-refractivity contribution in [3.05, 3.63) is 58.6 Å². The molecule has 0 aromatic heterocycles. The van der Waals surface area contributed by atoms with E-state index in [1.54, 1.807) is 57.5 Å². The van der Waals surface area contributed by atoms with Crippen molar-refractivity contribution in [1.29, 1.82) is 0 Å².